The Morgan fingerprint density at radius 2 is 2.22 bits per heavy atom. The van der Waals surface area contributed by atoms with E-state index in [1.54, 1.807) is 6.92 Å². The van der Waals surface area contributed by atoms with Gasteiger partial charge in [-0.2, -0.15) is 0 Å². The van der Waals surface area contributed by atoms with E-state index < -0.39 is 5.97 Å². The quantitative estimate of drug-likeness (QED) is 0.788. The molecule has 0 spiro atoms. The Kier molecular flexibility index (Phi) is 5.71. The summed E-state index contributed by atoms with van der Waals surface area (Å²) in [6, 6.07) is 0. The number of thiazole rings is 1. The van der Waals surface area contributed by atoms with Crippen molar-refractivity contribution in [2.24, 2.45) is 0 Å². The average molecular weight is 272 g/mol. The highest BCUT2D eigenvalue weighted by Gasteiger charge is 2.19. The molecule has 0 aliphatic rings. The molecule has 1 rings (SSSR count). The van der Waals surface area contributed by atoms with E-state index >= 15 is 0 Å². The van der Waals surface area contributed by atoms with Gasteiger partial charge in [0, 0.05) is 19.0 Å². The fourth-order valence-corrected chi connectivity index (χ4v) is 2.76. The number of aromatic nitrogens is 1. The molecular weight excluding hydrogens is 252 g/mol. The number of aromatic carboxylic acids is 1. The summed E-state index contributed by atoms with van der Waals surface area (Å²) < 4.78 is 0. The number of carboxylic acids is 1. The number of aliphatic hydroxyl groups excluding tert-OH is 1. The van der Waals surface area contributed by atoms with Gasteiger partial charge >= 0.3 is 5.97 Å². The van der Waals surface area contributed by atoms with Crippen molar-refractivity contribution < 1.29 is 15.0 Å². The SMILES string of the molecule is CCN(CCO)CC(C)c1nc(C)c(C(=O)O)s1. The zero-order valence-electron chi connectivity index (χ0n) is 11.0. The second-order valence-corrected chi connectivity index (χ2v) is 5.32. The Morgan fingerprint density at radius 3 is 2.67 bits per heavy atom. The third kappa shape index (κ3) is 3.76. The van der Waals surface area contributed by atoms with Crippen molar-refractivity contribution >= 4 is 17.3 Å². The van der Waals surface area contributed by atoms with Gasteiger partial charge in [0.25, 0.3) is 0 Å². The molecule has 6 heteroatoms. The van der Waals surface area contributed by atoms with Crippen LogP contribution in [0.2, 0.25) is 0 Å². The van der Waals surface area contributed by atoms with Gasteiger partial charge in [0.05, 0.1) is 17.3 Å². The molecule has 0 bridgehead atoms. The molecule has 0 aliphatic heterocycles. The van der Waals surface area contributed by atoms with Crippen LogP contribution in [0.5, 0.6) is 0 Å². The van der Waals surface area contributed by atoms with Gasteiger partial charge in [-0.3, -0.25) is 0 Å². The first-order valence-corrected chi connectivity index (χ1v) is 6.85. The summed E-state index contributed by atoms with van der Waals surface area (Å²) in [6.45, 7) is 8.21. The van der Waals surface area contributed by atoms with Crippen LogP contribution in [0.25, 0.3) is 0 Å². The molecule has 0 fully saturated rings. The van der Waals surface area contributed by atoms with Gasteiger partial charge < -0.3 is 15.1 Å². The first-order chi connectivity index (χ1) is 8.49. The highest BCUT2D eigenvalue weighted by molar-refractivity contribution is 7.13. The van der Waals surface area contributed by atoms with Gasteiger partial charge in [0.1, 0.15) is 4.88 Å². The number of carboxylic acid groups (broad SMARTS) is 1. The van der Waals surface area contributed by atoms with Crippen LogP contribution >= 0.6 is 11.3 Å². The number of likely N-dealkylation sites (N-methyl/N-ethyl adjacent to an activating group) is 1. The summed E-state index contributed by atoms with van der Waals surface area (Å²) >= 11 is 1.25. The Morgan fingerprint density at radius 1 is 1.56 bits per heavy atom. The molecule has 0 saturated carbocycles. The van der Waals surface area contributed by atoms with Crippen LogP contribution in [0.15, 0.2) is 0 Å². The van der Waals surface area contributed by atoms with Crippen LogP contribution in [0.1, 0.15) is 40.1 Å². The third-order valence-electron chi connectivity index (χ3n) is 2.82. The van der Waals surface area contributed by atoms with Crippen molar-refractivity contribution in [2.75, 3.05) is 26.2 Å². The summed E-state index contributed by atoms with van der Waals surface area (Å²) in [5.41, 5.74) is 0.583. The van der Waals surface area contributed by atoms with Gasteiger partial charge in [-0.1, -0.05) is 13.8 Å². The first-order valence-electron chi connectivity index (χ1n) is 6.03. The lowest BCUT2D eigenvalue weighted by Gasteiger charge is -2.22. The normalized spacial score (nSPS) is 12.9. The van der Waals surface area contributed by atoms with Crippen molar-refractivity contribution in [1.82, 2.24) is 9.88 Å². The van der Waals surface area contributed by atoms with Crippen LogP contribution < -0.4 is 0 Å². The van der Waals surface area contributed by atoms with Crippen LogP contribution in [-0.4, -0.2) is 52.3 Å². The molecule has 0 aliphatic carbocycles. The molecule has 1 aromatic rings. The van der Waals surface area contributed by atoms with Crippen molar-refractivity contribution in [3.8, 4) is 0 Å². The summed E-state index contributed by atoms with van der Waals surface area (Å²) in [4.78, 5) is 17.7. The Bertz CT molecular complexity index is 406. The maximum Gasteiger partial charge on any atom is 0.347 e. The van der Waals surface area contributed by atoms with Gasteiger partial charge in [-0.25, -0.2) is 9.78 Å². The molecular formula is C12H20N2O3S. The minimum absolute atomic E-state index is 0.137. The lowest BCUT2D eigenvalue weighted by molar-refractivity contribution is 0.0701. The number of nitrogens with zero attached hydrogens (tertiary/aromatic N) is 2. The van der Waals surface area contributed by atoms with Crippen molar-refractivity contribution in [3.63, 3.8) is 0 Å². The topological polar surface area (TPSA) is 73.7 Å². The third-order valence-corrected chi connectivity index (χ3v) is 4.20. The second kappa shape index (κ2) is 6.82. The maximum absolute atomic E-state index is 11.0. The van der Waals surface area contributed by atoms with Crippen molar-refractivity contribution in [1.29, 1.82) is 0 Å². The van der Waals surface area contributed by atoms with Crippen molar-refractivity contribution in [2.45, 2.75) is 26.7 Å². The van der Waals surface area contributed by atoms with Gasteiger partial charge in [0.2, 0.25) is 0 Å². The molecule has 0 aromatic carbocycles. The molecule has 0 amide bonds. The minimum atomic E-state index is -0.911. The van der Waals surface area contributed by atoms with E-state index in [-0.39, 0.29) is 12.5 Å². The van der Waals surface area contributed by atoms with Crippen LogP contribution in [0.4, 0.5) is 0 Å². The van der Waals surface area contributed by atoms with E-state index in [9.17, 15) is 4.79 Å². The average Bonchev–Trinajstić information content (AvgIpc) is 2.70. The molecule has 0 saturated heterocycles. The molecule has 0 radical (unpaired) electrons. The second-order valence-electron chi connectivity index (χ2n) is 4.29. The van der Waals surface area contributed by atoms with Crippen LogP contribution in [0, 0.1) is 6.92 Å². The number of hydrogen-bond acceptors (Lipinski definition) is 5. The van der Waals surface area contributed by atoms with Crippen molar-refractivity contribution in [3.05, 3.63) is 15.6 Å². The number of rotatable bonds is 7. The van der Waals surface area contributed by atoms with E-state index in [1.807, 2.05) is 13.8 Å². The predicted octanol–water partition coefficient (Wildman–Crippen LogP) is 1.57. The molecule has 18 heavy (non-hydrogen) atoms. The summed E-state index contributed by atoms with van der Waals surface area (Å²) in [5.74, 6) is -0.737. The number of aliphatic hydroxyl groups is 1. The summed E-state index contributed by atoms with van der Waals surface area (Å²) in [5, 5.41) is 18.8. The number of hydrogen-bond donors (Lipinski definition) is 2. The molecule has 1 heterocycles. The smallest absolute Gasteiger partial charge is 0.347 e. The Hall–Kier alpha value is -0.980. The number of carbonyl (C=O) groups is 1. The minimum Gasteiger partial charge on any atom is -0.477 e. The van der Waals surface area contributed by atoms with Gasteiger partial charge in [-0.15, -0.1) is 11.3 Å². The molecule has 2 N–H and O–H groups in total. The lowest BCUT2D eigenvalue weighted by atomic mass is 10.2. The van der Waals surface area contributed by atoms with Crippen LogP contribution in [-0.2, 0) is 0 Å². The molecule has 102 valence electrons. The van der Waals surface area contributed by atoms with E-state index in [0.29, 0.717) is 17.1 Å². The monoisotopic (exact) mass is 272 g/mol. The molecule has 5 nitrogen and oxygen atoms in total. The molecule has 1 unspecified atom stereocenters. The molecule has 1 aromatic heterocycles. The van der Waals surface area contributed by atoms with Gasteiger partial charge in [-0.05, 0) is 13.5 Å². The zero-order valence-corrected chi connectivity index (χ0v) is 11.8. The largest absolute Gasteiger partial charge is 0.477 e. The van der Waals surface area contributed by atoms with Gasteiger partial charge in [0.15, 0.2) is 0 Å². The standard InChI is InChI=1S/C12H20N2O3S/c1-4-14(5-6-15)7-8(2)11-13-9(3)10(18-11)12(16)17/h8,15H,4-7H2,1-3H3,(H,16,17). The maximum atomic E-state index is 11.0. The summed E-state index contributed by atoms with van der Waals surface area (Å²) in [7, 11) is 0. The molecule has 1 atom stereocenters. The first kappa shape index (κ1) is 15.1. The van der Waals surface area contributed by atoms with E-state index in [0.717, 1.165) is 18.1 Å². The highest BCUT2D eigenvalue weighted by atomic mass is 32.1. The highest BCUT2D eigenvalue weighted by Crippen LogP contribution is 2.25. The number of aryl methyl sites for hydroxylation is 1. The fraction of sp³-hybridized carbons (Fsp3) is 0.667. The Labute approximate surface area is 111 Å². The van der Waals surface area contributed by atoms with Crippen LogP contribution in [0.3, 0.4) is 0 Å². The fourth-order valence-electron chi connectivity index (χ4n) is 1.81. The Balaban J connectivity index is 2.74. The summed E-state index contributed by atoms with van der Waals surface area (Å²) in [6.07, 6.45) is 0. The predicted molar refractivity (Wildman–Crippen MR) is 71.4 cm³/mol. The van der Waals surface area contributed by atoms with E-state index in [2.05, 4.69) is 9.88 Å². The van der Waals surface area contributed by atoms with E-state index in [1.165, 1.54) is 11.3 Å². The zero-order chi connectivity index (χ0) is 13.7. The lowest BCUT2D eigenvalue weighted by Crippen LogP contribution is -2.30. The van der Waals surface area contributed by atoms with E-state index in [4.69, 9.17) is 10.2 Å².